The highest BCUT2D eigenvalue weighted by molar-refractivity contribution is 7.07. The van der Waals surface area contributed by atoms with Crippen molar-refractivity contribution in [2.24, 2.45) is 4.99 Å². The molecule has 3 aromatic carbocycles. The first kappa shape index (κ1) is 24.7. The van der Waals surface area contributed by atoms with E-state index in [1.807, 2.05) is 18.2 Å². The number of aromatic nitrogens is 1. The van der Waals surface area contributed by atoms with Gasteiger partial charge < -0.3 is 9.47 Å². The highest BCUT2D eigenvalue weighted by Crippen LogP contribution is 2.41. The number of nitrogens with zero attached hydrogens (tertiary/aromatic N) is 3. The molecule has 10 heteroatoms. The molecule has 1 aliphatic carbocycles. The lowest BCUT2D eigenvalue weighted by atomic mass is 9.83. The minimum absolute atomic E-state index is 0.204. The van der Waals surface area contributed by atoms with Gasteiger partial charge in [-0.15, -0.1) is 0 Å². The molecule has 6 rings (SSSR count). The molecular formula is C29H22FN3O5S. The maximum absolute atomic E-state index is 13.9. The van der Waals surface area contributed by atoms with Crippen molar-refractivity contribution in [3.63, 3.8) is 0 Å². The van der Waals surface area contributed by atoms with Gasteiger partial charge in [-0.3, -0.25) is 19.5 Å². The Morgan fingerprint density at radius 2 is 1.79 bits per heavy atom. The molecule has 0 saturated heterocycles. The topological polar surface area (TPSA) is 96.0 Å². The third kappa shape index (κ3) is 4.13. The molecule has 0 unspecified atom stereocenters. The second-order valence-corrected chi connectivity index (χ2v) is 10.2. The van der Waals surface area contributed by atoms with E-state index in [1.165, 1.54) is 50.1 Å². The molecule has 2 aliphatic rings. The smallest absolute Gasteiger partial charge is 0.280 e. The van der Waals surface area contributed by atoms with E-state index < -0.39 is 11.0 Å². The molecular weight excluding hydrogens is 521 g/mol. The van der Waals surface area contributed by atoms with Crippen LogP contribution in [-0.2, 0) is 6.42 Å². The number of benzene rings is 3. The van der Waals surface area contributed by atoms with E-state index in [-0.39, 0.29) is 32.9 Å². The van der Waals surface area contributed by atoms with Crippen LogP contribution in [0.25, 0.3) is 11.8 Å². The maximum Gasteiger partial charge on any atom is 0.280 e. The van der Waals surface area contributed by atoms with Gasteiger partial charge in [-0.05, 0) is 53.8 Å². The number of aryl methyl sites for hydroxylation is 1. The molecule has 1 atom stereocenters. The SMILES string of the molecule is COc1cc(/C=c2/sc3n(c2=O)[C@H](c2ccc(F)cc2)C2=C(N=3)c3ccccc3CC2)c([N+](=O)[O-])cc1OC. The minimum atomic E-state index is -0.526. The number of thiazole rings is 1. The molecule has 0 fully saturated rings. The lowest BCUT2D eigenvalue weighted by Gasteiger charge is -2.30. The Hall–Kier alpha value is -4.57. The van der Waals surface area contributed by atoms with Gasteiger partial charge >= 0.3 is 0 Å². The van der Waals surface area contributed by atoms with Crippen LogP contribution in [0.1, 0.15) is 34.7 Å². The van der Waals surface area contributed by atoms with Crippen LogP contribution in [0, 0.1) is 15.9 Å². The maximum atomic E-state index is 13.9. The quantitative estimate of drug-likeness (QED) is 0.275. The van der Waals surface area contributed by atoms with Crippen molar-refractivity contribution in [1.29, 1.82) is 0 Å². The number of allylic oxidation sites excluding steroid dienone is 1. The number of nitro benzene ring substituents is 1. The van der Waals surface area contributed by atoms with E-state index in [4.69, 9.17) is 14.5 Å². The molecule has 0 amide bonds. The standard InChI is InChI=1S/C29H22FN3O5S/c1-37-23-13-18(22(33(35)36)15-24(23)38-2)14-25-28(34)32-27(17-7-10-19(30)11-8-17)21-12-9-16-5-3-4-6-20(16)26(21)31-29(32)39-25/h3-8,10-11,13-15,27H,9,12H2,1-2H3/b25-14+/t27-/m1/s1. The Labute approximate surface area is 225 Å². The second kappa shape index (κ2) is 9.63. The van der Waals surface area contributed by atoms with Crippen LogP contribution < -0.4 is 24.4 Å². The second-order valence-electron chi connectivity index (χ2n) is 9.19. The van der Waals surface area contributed by atoms with Gasteiger partial charge in [0, 0.05) is 5.56 Å². The van der Waals surface area contributed by atoms with Crippen molar-refractivity contribution in [3.05, 3.63) is 124 Å². The first-order valence-electron chi connectivity index (χ1n) is 12.2. The number of halogens is 1. The van der Waals surface area contributed by atoms with Crippen LogP contribution in [0.15, 0.2) is 76.0 Å². The lowest BCUT2D eigenvalue weighted by molar-refractivity contribution is -0.385. The minimum Gasteiger partial charge on any atom is -0.493 e. The van der Waals surface area contributed by atoms with Crippen molar-refractivity contribution in [2.45, 2.75) is 18.9 Å². The van der Waals surface area contributed by atoms with Crippen LogP contribution in [0.4, 0.5) is 10.1 Å². The molecule has 0 spiro atoms. The van der Waals surface area contributed by atoms with Crippen LogP contribution in [0.2, 0.25) is 0 Å². The van der Waals surface area contributed by atoms with Gasteiger partial charge in [0.05, 0.1) is 47.0 Å². The molecule has 0 N–H and O–H groups in total. The normalized spacial score (nSPS) is 16.2. The fraction of sp³-hybridized carbons (Fsp3) is 0.172. The molecule has 0 saturated carbocycles. The summed E-state index contributed by atoms with van der Waals surface area (Å²) < 4.78 is 26.3. The number of rotatable bonds is 5. The fourth-order valence-corrected chi connectivity index (χ4v) is 6.26. The van der Waals surface area contributed by atoms with Crippen molar-refractivity contribution < 1.29 is 18.8 Å². The third-order valence-electron chi connectivity index (χ3n) is 7.07. The number of fused-ring (bicyclic) bond motifs is 3. The average molecular weight is 544 g/mol. The number of nitro groups is 1. The average Bonchev–Trinajstić information content (AvgIpc) is 3.26. The van der Waals surface area contributed by atoms with Crippen LogP contribution in [0.5, 0.6) is 11.5 Å². The molecule has 1 aliphatic heterocycles. The van der Waals surface area contributed by atoms with E-state index in [9.17, 15) is 19.3 Å². The van der Waals surface area contributed by atoms with Gasteiger partial charge in [-0.2, -0.15) is 0 Å². The summed E-state index contributed by atoms with van der Waals surface area (Å²) >= 11 is 1.16. The molecule has 0 bridgehead atoms. The largest absolute Gasteiger partial charge is 0.493 e. The zero-order valence-corrected chi connectivity index (χ0v) is 21.8. The summed E-state index contributed by atoms with van der Waals surface area (Å²) in [7, 11) is 2.83. The number of hydrogen-bond acceptors (Lipinski definition) is 7. The van der Waals surface area contributed by atoms with Crippen LogP contribution >= 0.6 is 11.3 Å². The molecule has 4 aromatic rings. The highest BCUT2D eigenvalue weighted by atomic mass is 32.1. The molecule has 196 valence electrons. The van der Waals surface area contributed by atoms with Gasteiger partial charge in [-0.1, -0.05) is 47.7 Å². The Balaban J connectivity index is 1.62. The first-order valence-corrected chi connectivity index (χ1v) is 13.0. The summed E-state index contributed by atoms with van der Waals surface area (Å²) in [6.07, 6.45) is 2.98. The monoisotopic (exact) mass is 543 g/mol. The van der Waals surface area contributed by atoms with Crippen molar-refractivity contribution in [2.75, 3.05) is 14.2 Å². The molecule has 2 heterocycles. The molecule has 8 nitrogen and oxygen atoms in total. The Kier molecular flexibility index (Phi) is 6.11. The summed E-state index contributed by atoms with van der Waals surface area (Å²) in [6, 6.07) is 16.5. The van der Waals surface area contributed by atoms with E-state index in [0.29, 0.717) is 17.0 Å². The summed E-state index contributed by atoms with van der Waals surface area (Å²) in [5.41, 5.74) is 4.41. The Bertz CT molecular complexity index is 1860. The van der Waals surface area contributed by atoms with Gasteiger partial charge in [0.25, 0.3) is 11.2 Å². The fourth-order valence-electron chi connectivity index (χ4n) is 5.27. The summed E-state index contributed by atoms with van der Waals surface area (Å²) in [5.74, 6) is 0.152. The zero-order valence-electron chi connectivity index (χ0n) is 21.0. The van der Waals surface area contributed by atoms with Crippen molar-refractivity contribution >= 4 is 28.8 Å². The molecule has 1 aromatic heterocycles. The zero-order chi connectivity index (χ0) is 27.3. The number of ether oxygens (including phenoxy) is 2. The molecule has 0 radical (unpaired) electrons. The number of hydrogen-bond donors (Lipinski definition) is 0. The van der Waals surface area contributed by atoms with Gasteiger partial charge in [0.1, 0.15) is 5.82 Å². The van der Waals surface area contributed by atoms with Gasteiger partial charge in [0.15, 0.2) is 16.3 Å². The van der Waals surface area contributed by atoms with E-state index in [1.54, 1.807) is 16.7 Å². The van der Waals surface area contributed by atoms with Gasteiger partial charge in [-0.25, -0.2) is 9.38 Å². The Morgan fingerprint density at radius 1 is 1.08 bits per heavy atom. The van der Waals surface area contributed by atoms with Gasteiger partial charge in [0.2, 0.25) is 0 Å². The third-order valence-corrected chi connectivity index (χ3v) is 8.06. The number of methoxy groups -OCH3 is 2. The highest BCUT2D eigenvalue weighted by Gasteiger charge is 2.32. The summed E-state index contributed by atoms with van der Waals surface area (Å²) in [4.78, 5) is 30.6. The first-order chi connectivity index (χ1) is 18.9. The Morgan fingerprint density at radius 3 is 2.51 bits per heavy atom. The predicted molar refractivity (Wildman–Crippen MR) is 145 cm³/mol. The lowest BCUT2D eigenvalue weighted by Crippen LogP contribution is -2.38. The summed E-state index contributed by atoms with van der Waals surface area (Å²) in [5, 5.41) is 11.9. The van der Waals surface area contributed by atoms with E-state index >= 15 is 0 Å². The summed E-state index contributed by atoms with van der Waals surface area (Å²) in [6.45, 7) is 0. The van der Waals surface area contributed by atoms with Crippen LogP contribution in [0.3, 0.4) is 0 Å². The molecule has 39 heavy (non-hydrogen) atoms. The van der Waals surface area contributed by atoms with E-state index in [2.05, 4.69) is 6.07 Å². The van der Waals surface area contributed by atoms with Crippen molar-refractivity contribution in [3.8, 4) is 11.5 Å². The van der Waals surface area contributed by atoms with E-state index in [0.717, 1.165) is 40.2 Å². The van der Waals surface area contributed by atoms with Crippen molar-refractivity contribution in [1.82, 2.24) is 4.57 Å². The van der Waals surface area contributed by atoms with Crippen LogP contribution in [-0.4, -0.2) is 23.7 Å². The predicted octanol–water partition coefficient (Wildman–Crippen LogP) is 4.38.